The maximum absolute atomic E-state index is 11.6. The maximum Gasteiger partial charge on any atom is 0.346 e. The van der Waals surface area contributed by atoms with Crippen LogP contribution in [0.25, 0.3) is 0 Å². The third-order valence-corrected chi connectivity index (χ3v) is 2.25. The average molecular weight is 228 g/mol. The zero-order valence-electron chi connectivity index (χ0n) is 9.60. The summed E-state index contributed by atoms with van der Waals surface area (Å²) in [6.07, 6.45) is 0. The molecule has 0 saturated carbocycles. The lowest BCUT2D eigenvalue weighted by Gasteiger charge is -2.10. The number of aryl methyl sites for hydroxylation is 1. The summed E-state index contributed by atoms with van der Waals surface area (Å²) in [6, 6.07) is 0. The predicted molar refractivity (Wildman–Crippen MR) is 59.5 cm³/mol. The van der Waals surface area contributed by atoms with E-state index in [0.29, 0.717) is 6.54 Å². The van der Waals surface area contributed by atoms with Gasteiger partial charge in [-0.1, -0.05) is 6.92 Å². The molecule has 0 radical (unpaired) electrons. The second-order valence-corrected chi connectivity index (χ2v) is 3.79. The Morgan fingerprint density at radius 1 is 1.44 bits per heavy atom. The van der Waals surface area contributed by atoms with Gasteiger partial charge in [0.05, 0.1) is 0 Å². The fraction of sp³-hybridized carbons (Fsp3) is 0.667. The minimum Gasteiger partial charge on any atom is -0.396 e. The van der Waals surface area contributed by atoms with Gasteiger partial charge in [-0.3, -0.25) is 9.36 Å². The van der Waals surface area contributed by atoms with Gasteiger partial charge in [0.15, 0.2) is 0 Å². The van der Waals surface area contributed by atoms with E-state index in [2.05, 4.69) is 10.4 Å². The molecule has 90 valence electrons. The van der Waals surface area contributed by atoms with Crippen LogP contribution >= 0.6 is 0 Å². The van der Waals surface area contributed by atoms with Gasteiger partial charge in [-0.15, -0.1) is 5.10 Å². The summed E-state index contributed by atoms with van der Waals surface area (Å²) in [4.78, 5) is 22.9. The Morgan fingerprint density at radius 2 is 2.06 bits per heavy atom. The van der Waals surface area contributed by atoms with Crippen LogP contribution in [0.5, 0.6) is 0 Å². The molecule has 1 unspecified atom stereocenters. The number of aliphatic hydroxyl groups excluding tert-OH is 1. The van der Waals surface area contributed by atoms with Crippen LogP contribution in [0.1, 0.15) is 6.92 Å². The van der Waals surface area contributed by atoms with Crippen LogP contribution in [0, 0.1) is 5.92 Å². The lowest BCUT2D eigenvalue weighted by molar-refractivity contribution is 0.244. The number of hydrogen-bond acceptors (Lipinski definition) is 5. The summed E-state index contributed by atoms with van der Waals surface area (Å²) in [5.74, 6) is 0.133. The van der Waals surface area contributed by atoms with Gasteiger partial charge in [0, 0.05) is 27.2 Å². The van der Waals surface area contributed by atoms with Gasteiger partial charge in [0.1, 0.15) is 0 Å². The van der Waals surface area contributed by atoms with E-state index in [1.165, 1.54) is 14.1 Å². The molecule has 0 aliphatic rings. The van der Waals surface area contributed by atoms with E-state index < -0.39 is 11.2 Å². The molecular weight excluding hydrogens is 212 g/mol. The van der Waals surface area contributed by atoms with E-state index in [4.69, 9.17) is 5.11 Å². The molecule has 1 aromatic rings. The Labute approximate surface area is 92.3 Å². The number of anilines is 1. The SMILES string of the molecule is CC(CO)CNc1nn(C)c(=O)n(C)c1=O. The Kier molecular flexibility index (Phi) is 3.83. The third-order valence-electron chi connectivity index (χ3n) is 2.25. The first-order valence-corrected chi connectivity index (χ1v) is 4.96. The molecule has 0 spiro atoms. The lowest BCUT2D eigenvalue weighted by atomic mass is 10.2. The van der Waals surface area contributed by atoms with Gasteiger partial charge in [0.25, 0.3) is 5.56 Å². The number of aliphatic hydroxyl groups is 1. The summed E-state index contributed by atoms with van der Waals surface area (Å²) in [5.41, 5.74) is -0.931. The molecular formula is C9H16N4O3. The summed E-state index contributed by atoms with van der Waals surface area (Å²) in [7, 11) is 2.87. The van der Waals surface area contributed by atoms with Crippen molar-refractivity contribution in [2.24, 2.45) is 20.0 Å². The monoisotopic (exact) mass is 228 g/mol. The van der Waals surface area contributed by atoms with Gasteiger partial charge < -0.3 is 10.4 Å². The Bertz CT molecular complexity index is 477. The van der Waals surface area contributed by atoms with Gasteiger partial charge in [0.2, 0.25) is 5.82 Å². The molecule has 0 saturated heterocycles. The smallest absolute Gasteiger partial charge is 0.346 e. The van der Waals surface area contributed by atoms with E-state index in [1.54, 1.807) is 0 Å². The van der Waals surface area contributed by atoms with Crippen molar-refractivity contribution in [2.45, 2.75) is 6.92 Å². The molecule has 0 amide bonds. The maximum atomic E-state index is 11.6. The zero-order chi connectivity index (χ0) is 12.3. The standard InChI is InChI=1S/C9H16N4O3/c1-6(5-14)4-10-7-8(15)12(2)9(16)13(3)11-7/h6,14H,4-5H2,1-3H3,(H,10,11). The number of rotatable bonds is 4. The van der Waals surface area contributed by atoms with Crippen LogP contribution in [0.15, 0.2) is 9.59 Å². The molecule has 1 aromatic heterocycles. The van der Waals surface area contributed by atoms with Gasteiger partial charge in [-0.05, 0) is 5.92 Å². The van der Waals surface area contributed by atoms with E-state index in [0.717, 1.165) is 9.25 Å². The second kappa shape index (κ2) is 4.93. The van der Waals surface area contributed by atoms with Crippen molar-refractivity contribution < 1.29 is 5.11 Å². The van der Waals surface area contributed by atoms with E-state index in [-0.39, 0.29) is 18.3 Å². The molecule has 7 heteroatoms. The van der Waals surface area contributed by atoms with Crippen molar-refractivity contribution in [2.75, 3.05) is 18.5 Å². The molecule has 0 aromatic carbocycles. The summed E-state index contributed by atoms with van der Waals surface area (Å²) < 4.78 is 2.08. The van der Waals surface area contributed by atoms with Crippen LogP contribution < -0.4 is 16.6 Å². The van der Waals surface area contributed by atoms with Crippen molar-refractivity contribution in [1.29, 1.82) is 0 Å². The molecule has 0 aliphatic heterocycles. The van der Waals surface area contributed by atoms with Crippen molar-refractivity contribution in [3.05, 3.63) is 20.8 Å². The van der Waals surface area contributed by atoms with E-state index in [1.807, 2.05) is 6.92 Å². The van der Waals surface area contributed by atoms with Crippen molar-refractivity contribution in [3.63, 3.8) is 0 Å². The van der Waals surface area contributed by atoms with E-state index in [9.17, 15) is 9.59 Å². The molecule has 7 nitrogen and oxygen atoms in total. The number of hydrogen-bond donors (Lipinski definition) is 2. The van der Waals surface area contributed by atoms with Gasteiger partial charge in [-0.2, -0.15) is 0 Å². The number of nitrogens with zero attached hydrogens (tertiary/aromatic N) is 3. The fourth-order valence-corrected chi connectivity index (χ4v) is 1.14. The van der Waals surface area contributed by atoms with E-state index >= 15 is 0 Å². The highest BCUT2D eigenvalue weighted by Gasteiger charge is 2.09. The summed E-state index contributed by atoms with van der Waals surface area (Å²) in [5, 5.41) is 15.5. The van der Waals surface area contributed by atoms with Crippen LogP contribution in [0.2, 0.25) is 0 Å². The molecule has 1 heterocycles. The molecule has 0 bridgehead atoms. The number of aromatic nitrogens is 3. The first-order valence-electron chi connectivity index (χ1n) is 4.96. The first kappa shape index (κ1) is 12.4. The quantitative estimate of drug-likeness (QED) is 0.656. The molecule has 1 atom stereocenters. The topological polar surface area (TPSA) is 89.2 Å². The van der Waals surface area contributed by atoms with Crippen LogP contribution in [-0.2, 0) is 14.1 Å². The predicted octanol–water partition coefficient (Wildman–Crippen LogP) is -1.48. The van der Waals surface area contributed by atoms with Crippen LogP contribution in [-0.4, -0.2) is 32.6 Å². The molecule has 1 rings (SSSR count). The Hall–Kier alpha value is -1.63. The minimum absolute atomic E-state index is 0.0174. The highest BCUT2D eigenvalue weighted by atomic mass is 16.3. The third kappa shape index (κ3) is 2.48. The minimum atomic E-state index is -0.467. The number of nitrogens with one attached hydrogen (secondary N) is 1. The normalized spacial score (nSPS) is 12.5. The second-order valence-electron chi connectivity index (χ2n) is 3.79. The van der Waals surface area contributed by atoms with Crippen molar-refractivity contribution in [3.8, 4) is 0 Å². The molecule has 16 heavy (non-hydrogen) atoms. The highest BCUT2D eigenvalue weighted by Crippen LogP contribution is 1.95. The van der Waals surface area contributed by atoms with Gasteiger partial charge in [-0.25, -0.2) is 9.48 Å². The molecule has 2 N–H and O–H groups in total. The first-order chi connectivity index (χ1) is 7.47. The van der Waals surface area contributed by atoms with Crippen molar-refractivity contribution >= 4 is 5.82 Å². The van der Waals surface area contributed by atoms with Crippen LogP contribution in [0.3, 0.4) is 0 Å². The fourth-order valence-electron chi connectivity index (χ4n) is 1.14. The summed E-state index contributed by atoms with van der Waals surface area (Å²) >= 11 is 0. The largest absolute Gasteiger partial charge is 0.396 e. The average Bonchev–Trinajstić information content (AvgIpc) is 2.28. The van der Waals surface area contributed by atoms with Crippen molar-refractivity contribution in [1.82, 2.24) is 14.3 Å². The van der Waals surface area contributed by atoms with Crippen LogP contribution in [0.4, 0.5) is 5.82 Å². The highest BCUT2D eigenvalue weighted by molar-refractivity contribution is 5.29. The Balaban J connectivity index is 2.98. The Morgan fingerprint density at radius 3 is 2.62 bits per heavy atom. The van der Waals surface area contributed by atoms with Gasteiger partial charge >= 0.3 is 5.69 Å². The molecule has 0 aliphatic carbocycles. The zero-order valence-corrected chi connectivity index (χ0v) is 9.60. The lowest BCUT2D eigenvalue weighted by Crippen LogP contribution is -2.40. The summed E-state index contributed by atoms with van der Waals surface area (Å²) in [6.45, 7) is 2.29. The molecule has 0 fully saturated rings.